The summed E-state index contributed by atoms with van der Waals surface area (Å²) in [4.78, 5) is 30.6. The van der Waals surface area contributed by atoms with E-state index in [2.05, 4.69) is 4.98 Å². The van der Waals surface area contributed by atoms with Crippen molar-refractivity contribution in [1.29, 1.82) is 0 Å². The number of H-pyrrole nitrogens is 1. The Morgan fingerprint density at radius 2 is 1.81 bits per heavy atom. The Bertz CT molecular complexity index is 1290. The summed E-state index contributed by atoms with van der Waals surface area (Å²) < 4.78 is 10.8. The summed E-state index contributed by atoms with van der Waals surface area (Å²) in [5, 5.41) is 0.931. The van der Waals surface area contributed by atoms with E-state index in [0.717, 1.165) is 27.6 Å². The number of aromatic nitrogens is 1. The lowest BCUT2D eigenvalue weighted by Gasteiger charge is -2.23. The summed E-state index contributed by atoms with van der Waals surface area (Å²) in [5.41, 5.74) is 4.11. The highest BCUT2D eigenvalue weighted by Gasteiger charge is 2.22. The minimum atomic E-state index is -0.296. The number of carbonyl (C=O) groups is 1. The van der Waals surface area contributed by atoms with Gasteiger partial charge in [-0.1, -0.05) is 30.3 Å². The fourth-order valence-electron chi connectivity index (χ4n) is 3.69. The van der Waals surface area contributed by atoms with Crippen LogP contribution in [0.2, 0.25) is 0 Å². The van der Waals surface area contributed by atoms with Gasteiger partial charge < -0.3 is 19.0 Å². The second-order valence-electron chi connectivity index (χ2n) is 7.55. The van der Waals surface area contributed by atoms with E-state index in [1.165, 1.54) is 6.26 Å². The first-order valence-corrected chi connectivity index (χ1v) is 10.0. The third-order valence-electron chi connectivity index (χ3n) is 5.56. The number of hydrogen-bond donors (Lipinski definition) is 1. The molecule has 158 valence electrons. The summed E-state index contributed by atoms with van der Waals surface area (Å²) in [6.45, 7) is 4.41. The van der Waals surface area contributed by atoms with Crippen LogP contribution in [0.3, 0.4) is 0 Å². The van der Waals surface area contributed by atoms with Crippen molar-refractivity contribution >= 4 is 16.8 Å². The van der Waals surface area contributed by atoms with E-state index >= 15 is 0 Å². The zero-order valence-electron chi connectivity index (χ0n) is 17.8. The molecule has 0 unspecified atom stereocenters. The number of carbonyl (C=O) groups excluding carboxylic acids is 1. The number of aryl methyl sites for hydroxylation is 2. The Morgan fingerprint density at radius 3 is 2.55 bits per heavy atom. The molecule has 31 heavy (non-hydrogen) atoms. The summed E-state index contributed by atoms with van der Waals surface area (Å²) in [6.07, 6.45) is 1.46. The highest BCUT2D eigenvalue weighted by Crippen LogP contribution is 2.23. The highest BCUT2D eigenvalue weighted by atomic mass is 16.5. The molecule has 4 aromatic rings. The van der Waals surface area contributed by atoms with Gasteiger partial charge in [-0.15, -0.1) is 0 Å². The SMILES string of the molecule is COc1ccccc1CN(Cc1cc2ccc(C)c(C)c2[nH]c1=O)C(=O)c1ccco1. The van der Waals surface area contributed by atoms with Gasteiger partial charge in [0.05, 0.1) is 32.0 Å². The van der Waals surface area contributed by atoms with Crippen molar-refractivity contribution in [2.24, 2.45) is 0 Å². The zero-order valence-corrected chi connectivity index (χ0v) is 17.8. The zero-order chi connectivity index (χ0) is 22.0. The molecule has 1 amide bonds. The van der Waals surface area contributed by atoms with Gasteiger partial charge >= 0.3 is 0 Å². The number of methoxy groups -OCH3 is 1. The number of ether oxygens (including phenoxy) is 1. The quantitative estimate of drug-likeness (QED) is 0.499. The van der Waals surface area contributed by atoms with Crippen LogP contribution in [0.5, 0.6) is 5.75 Å². The second-order valence-corrected chi connectivity index (χ2v) is 7.55. The van der Waals surface area contributed by atoms with Gasteiger partial charge in [-0.05, 0) is 54.6 Å². The molecule has 2 aromatic carbocycles. The van der Waals surface area contributed by atoms with E-state index < -0.39 is 0 Å². The van der Waals surface area contributed by atoms with Crippen molar-refractivity contribution in [3.63, 3.8) is 0 Å². The topological polar surface area (TPSA) is 75.5 Å². The number of furan rings is 1. The van der Waals surface area contributed by atoms with Gasteiger partial charge in [0.15, 0.2) is 5.76 Å². The van der Waals surface area contributed by atoms with Gasteiger partial charge in [0.1, 0.15) is 5.75 Å². The number of nitrogens with one attached hydrogen (secondary N) is 1. The molecule has 0 aliphatic carbocycles. The monoisotopic (exact) mass is 416 g/mol. The highest BCUT2D eigenvalue weighted by molar-refractivity contribution is 5.91. The maximum Gasteiger partial charge on any atom is 0.290 e. The average molecular weight is 416 g/mol. The van der Waals surface area contributed by atoms with Crippen LogP contribution in [0.1, 0.15) is 32.8 Å². The Morgan fingerprint density at radius 1 is 1.03 bits per heavy atom. The summed E-state index contributed by atoms with van der Waals surface area (Å²) in [7, 11) is 1.59. The molecule has 0 fully saturated rings. The summed E-state index contributed by atoms with van der Waals surface area (Å²) >= 11 is 0. The van der Waals surface area contributed by atoms with Gasteiger partial charge in [-0.2, -0.15) is 0 Å². The number of benzene rings is 2. The van der Waals surface area contributed by atoms with Crippen LogP contribution in [0.4, 0.5) is 0 Å². The number of fused-ring (bicyclic) bond motifs is 1. The fourth-order valence-corrected chi connectivity index (χ4v) is 3.69. The van der Waals surface area contributed by atoms with Crippen molar-refractivity contribution in [2.45, 2.75) is 26.9 Å². The molecular weight excluding hydrogens is 392 g/mol. The van der Waals surface area contributed by atoms with Crippen LogP contribution in [0.15, 0.2) is 70.1 Å². The molecule has 0 spiro atoms. The van der Waals surface area contributed by atoms with Gasteiger partial charge in [0.2, 0.25) is 0 Å². The molecule has 0 bridgehead atoms. The second kappa shape index (κ2) is 8.52. The van der Waals surface area contributed by atoms with Crippen molar-refractivity contribution < 1.29 is 13.9 Å². The number of aromatic amines is 1. The first kappa shape index (κ1) is 20.5. The normalized spacial score (nSPS) is 10.9. The number of pyridine rings is 1. The molecule has 1 N–H and O–H groups in total. The maximum atomic E-state index is 13.2. The number of rotatable bonds is 6. The first-order chi connectivity index (χ1) is 15.0. The van der Waals surface area contributed by atoms with Gasteiger partial charge in [0.25, 0.3) is 11.5 Å². The Kier molecular flexibility index (Phi) is 5.62. The summed E-state index contributed by atoms with van der Waals surface area (Å²) in [6, 6.07) is 16.7. The van der Waals surface area contributed by atoms with E-state index in [1.807, 2.05) is 56.3 Å². The molecule has 0 saturated heterocycles. The molecule has 6 heteroatoms. The molecular formula is C25H24N2O4. The molecule has 0 radical (unpaired) electrons. The molecule has 0 atom stereocenters. The minimum Gasteiger partial charge on any atom is -0.496 e. The molecule has 2 aromatic heterocycles. The Balaban J connectivity index is 1.74. The van der Waals surface area contributed by atoms with Crippen LogP contribution in [-0.4, -0.2) is 22.9 Å². The Labute approximate surface area is 180 Å². The van der Waals surface area contributed by atoms with Crippen LogP contribution in [0.25, 0.3) is 10.9 Å². The average Bonchev–Trinajstić information content (AvgIpc) is 3.32. The molecule has 0 aliphatic rings. The lowest BCUT2D eigenvalue weighted by Crippen LogP contribution is -2.32. The lowest BCUT2D eigenvalue weighted by atomic mass is 10.0. The fraction of sp³-hybridized carbons (Fsp3) is 0.200. The molecule has 2 heterocycles. The number of nitrogens with zero attached hydrogens (tertiary/aromatic N) is 1. The third kappa shape index (κ3) is 4.10. The van der Waals surface area contributed by atoms with Crippen LogP contribution in [0, 0.1) is 13.8 Å². The van der Waals surface area contributed by atoms with Crippen molar-refractivity contribution in [1.82, 2.24) is 9.88 Å². The summed E-state index contributed by atoms with van der Waals surface area (Å²) in [5.74, 6) is 0.604. The van der Waals surface area contributed by atoms with Gasteiger partial charge in [-0.3, -0.25) is 9.59 Å². The largest absolute Gasteiger partial charge is 0.496 e. The van der Waals surface area contributed by atoms with Crippen molar-refractivity contribution in [3.8, 4) is 5.75 Å². The number of para-hydroxylation sites is 1. The first-order valence-electron chi connectivity index (χ1n) is 10.0. The number of hydrogen-bond acceptors (Lipinski definition) is 4. The van der Waals surface area contributed by atoms with Crippen LogP contribution < -0.4 is 10.3 Å². The predicted molar refractivity (Wildman–Crippen MR) is 119 cm³/mol. The smallest absolute Gasteiger partial charge is 0.290 e. The predicted octanol–water partition coefficient (Wildman–Crippen LogP) is 4.59. The maximum absolute atomic E-state index is 13.2. The van der Waals surface area contributed by atoms with Crippen molar-refractivity contribution in [2.75, 3.05) is 7.11 Å². The lowest BCUT2D eigenvalue weighted by molar-refractivity contribution is 0.0696. The van der Waals surface area contributed by atoms with Crippen molar-refractivity contribution in [3.05, 3.63) is 99.2 Å². The van der Waals surface area contributed by atoms with Gasteiger partial charge in [-0.25, -0.2) is 0 Å². The molecule has 0 saturated carbocycles. The van der Waals surface area contributed by atoms with Crippen LogP contribution >= 0.6 is 0 Å². The molecule has 0 aliphatic heterocycles. The van der Waals surface area contributed by atoms with E-state index in [1.54, 1.807) is 24.1 Å². The van der Waals surface area contributed by atoms with Crippen LogP contribution in [-0.2, 0) is 13.1 Å². The minimum absolute atomic E-state index is 0.135. The Hall–Kier alpha value is -3.80. The van der Waals surface area contributed by atoms with Gasteiger partial charge in [0, 0.05) is 11.1 Å². The third-order valence-corrected chi connectivity index (χ3v) is 5.56. The molecule has 4 rings (SSSR count). The van der Waals surface area contributed by atoms with E-state index in [4.69, 9.17) is 9.15 Å². The number of amides is 1. The van der Waals surface area contributed by atoms with E-state index in [9.17, 15) is 9.59 Å². The standard InChI is InChI=1S/C25H24N2O4/c1-16-10-11-18-13-20(24(28)26-23(18)17(16)2)15-27(25(29)22-9-6-12-31-22)14-19-7-4-5-8-21(19)30-3/h4-13H,14-15H2,1-3H3,(H,26,28). The van der Waals surface area contributed by atoms with E-state index in [0.29, 0.717) is 11.3 Å². The molecule has 6 nitrogen and oxygen atoms in total. The van der Waals surface area contributed by atoms with E-state index in [-0.39, 0.29) is 30.3 Å².